The second-order valence-corrected chi connectivity index (χ2v) is 8.78. The molecule has 0 saturated carbocycles. The van der Waals surface area contributed by atoms with Gasteiger partial charge in [-0.1, -0.05) is 53.5 Å². The van der Waals surface area contributed by atoms with Crippen molar-refractivity contribution < 1.29 is 23.9 Å². The molecule has 0 atom stereocenters. The summed E-state index contributed by atoms with van der Waals surface area (Å²) in [6.45, 7) is 0.270. The molecule has 9 nitrogen and oxygen atoms in total. The van der Waals surface area contributed by atoms with Crippen molar-refractivity contribution in [3.05, 3.63) is 64.1 Å². The first-order valence-electron chi connectivity index (χ1n) is 11.1. The zero-order valence-corrected chi connectivity index (χ0v) is 21.6. The van der Waals surface area contributed by atoms with Crippen LogP contribution in [0.15, 0.2) is 48.5 Å². The molecular weight excluding hydrogens is 527 g/mol. The first kappa shape index (κ1) is 29.0. The van der Waals surface area contributed by atoms with E-state index in [4.69, 9.17) is 40.2 Å². The predicted molar refractivity (Wildman–Crippen MR) is 141 cm³/mol. The second kappa shape index (κ2) is 15.7. The predicted octanol–water partition coefficient (Wildman–Crippen LogP) is 3.69. The average Bonchev–Trinajstić information content (AvgIpc) is 2.85. The van der Waals surface area contributed by atoms with Crippen molar-refractivity contribution in [3.8, 4) is 0 Å². The number of hydrogen-bond donors (Lipinski definition) is 4. The van der Waals surface area contributed by atoms with Gasteiger partial charge in [0, 0.05) is 24.3 Å². The minimum atomic E-state index is -0.525. The molecular formula is C24H26Cl2N4O5S. The number of nitrogens with one attached hydrogen (secondary N) is 4. The fourth-order valence-corrected chi connectivity index (χ4v) is 3.46. The van der Waals surface area contributed by atoms with Gasteiger partial charge in [0.05, 0.1) is 23.7 Å². The summed E-state index contributed by atoms with van der Waals surface area (Å²) in [5.41, 5.74) is 6.18. The topological polar surface area (TPSA) is 126 Å². The van der Waals surface area contributed by atoms with Gasteiger partial charge in [0.25, 0.3) is 0 Å². The quantitative estimate of drug-likeness (QED) is 0.145. The van der Waals surface area contributed by atoms with Crippen molar-refractivity contribution in [1.29, 1.82) is 0 Å². The van der Waals surface area contributed by atoms with Crippen LogP contribution in [0.3, 0.4) is 0 Å². The van der Waals surface area contributed by atoms with Crippen molar-refractivity contribution in [1.82, 2.24) is 16.2 Å². The lowest BCUT2D eigenvalue weighted by Gasteiger charge is -2.11. The number of thiocarbonyl (C=S) groups is 1. The third kappa shape index (κ3) is 12.0. The van der Waals surface area contributed by atoms with Crippen LogP contribution in [-0.2, 0) is 30.3 Å². The van der Waals surface area contributed by atoms with E-state index in [9.17, 15) is 19.2 Å². The molecule has 0 aliphatic heterocycles. The van der Waals surface area contributed by atoms with E-state index in [1.807, 2.05) is 30.3 Å². The van der Waals surface area contributed by atoms with E-state index in [0.29, 0.717) is 17.1 Å². The Kier molecular flexibility index (Phi) is 12.7. The number of anilines is 1. The minimum Gasteiger partial charge on any atom is -0.466 e. The third-order valence-electron chi connectivity index (χ3n) is 4.62. The monoisotopic (exact) mass is 552 g/mol. The van der Waals surface area contributed by atoms with E-state index in [-0.39, 0.29) is 42.4 Å². The first-order valence-corrected chi connectivity index (χ1v) is 12.2. The highest BCUT2D eigenvalue weighted by Crippen LogP contribution is 2.25. The molecule has 0 aromatic heterocycles. The molecule has 0 fully saturated rings. The van der Waals surface area contributed by atoms with Gasteiger partial charge >= 0.3 is 5.97 Å². The number of aryl methyl sites for hydroxylation is 1. The number of carbonyl (C=O) groups is 4. The zero-order chi connectivity index (χ0) is 26.3. The van der Waals surface area contributed by atoms with Crippen molar-refractivity contribution in [2.24, 2.45) is 0 Å². The van der Waals surface area contributed by atoms with Crippen LogP contribution in [0.4, 0.5) is 5.69 Å². The lowest BCUT2D eigenvalue weighted by atomic mass is 10.1. The maximum Gasteiger partial charge on any atom is 0.306 e. The fourth-order valence-electron chi connectivity index (χ4n) is 2.83. The number of halogens is 2. The number of rotatable bonds is 11. The van der Waals surface area contributed by atoms with Gasteiger partial charge in [0.2, 0.25) is 17.7 Å². The standard InChI is InChI=1S/C24H26Cl2N4O5S/c25-17-8-9-19(18(26)15-17)27-20(31)10-11-22(33)29-30-24(36)28-21(32)12-13-23(34)35-14-4-7-16-5-2-1-3-6-16/h1-3,5-6,8-9,15H,4,7,10-14H2,(H,27,31)(H,29,33)(H2,28,30,32,36). The molecule has 0 unspecified atom stereocenters. The molecule has 0 radical (unpaired) electrons. The molecule has 0 saturated heterocycles. The van der Waals surface area contributed by atoms with E-state index < -0.39 is 23.7 Å². The van der Waals surface area contributed by atoms with Gasteiger partial charge in [-0.05, 0) is 48.8 Å². The molecule has 4 N–H and O–H groups in total. The molecule has 2 aromatic rings. The first-order chi connectivity index (χ1) is 17.2. The maximum atomic E-state index is 12.0. The maximum absolute atomic E-state index is 12.0. The Hall–Kier alpha value is -3.21. The van der Waals surface area contributed by atoms with E-state index in [2.05, 4.69) is 21.5 Å². The number of carbonyl (C=O) groups excluding carboxylic acids is 4. The van der Waals surface area contributed by atoms with Gasteiger partial charge in [-0.2, -0.15) is 0 Å². The lowest BCUT2D eigenvalue weighted by Crippen LogP contribution is -2.48. The van der Waals surface area contributed by atoms with Crippen LogP contribution in [0.1, 0.15) is 37.7 Å². The largest absolute Gasteiger partial charge is 0.466 e. The van der Waals surface area contributed by atoms with Crippen LogP contribution in [-0.4, -0.2) is 35.4 Å². The van der Waals surface area contributed by atoms with E-state index in [0.717, 1.165) is 12.0 Å². The molecule has 192 valence electrons. The number of amides is 3. The van der Waals surface area contributed by atoms with Crippen LogP contribution < -0.4 is 21.5 Å². The van der Waals surface area contributed by atoms with Crippen LogP contribution in [0.2, 0.25) is 10.0 Å². The Morgan fingerprint density at radius 3 is 2.25 bits per heavy atom. The summed E-state index contributed by atoms with van der Waals surface area (Å²) in [7, 11) is 0. The number of esters is 1. The lowest BCUT2D eigenvalue weighted by molar-refractivity contribution is -0.145. The summed E-state index contributed by atoms with van der Waals surface area (Å²) in [5.74, 6) is -1.94. The van der Waals surface area contributed by atoms with Gasteiger partial charge in [-0.3, -0.25) is 30.0 Å². The summed E-state index contributed by atoms with van der Waals surface area (Å²) in [4.78, 5) is 47.6. The van der Waals surface area contributed by atoms with E-state index in [1.54, 1.807) is 12.1 Å². The number of benzene rings is 2. The zero-order valence-electron chi connectivity index (χ0n) is 19.3. The normalized spacial score (nSPS) is 10.2. The molecule has 2 aromatic carbocycles. The molecule has 36 heavy (non-hydrogen) atoms. The molecule has 12 heteroatoms. The van der Waals surface area contributed by atoms with E-state index in [1.165, 1.54) is 6.07 Å². The molecule has 0 spiro atoms. The van der Waals surface area contributed by atoms with Gasteiger partial charge in [-0.25, -0.2) is 0 Å². The summed E-state index contributed by atoms with van der Waals surface area (Å²) in [6, 6.07) is 14.5. The Labute approximate surface area is 224 Å². The molecule has 3 amide bonds. The van der Waals surface area contributed by atoms with Gasteiger partial charge < -0.3 is 15.4 Å². The highest BCUT2D eigenvalue weighted by molar-refractivity contribution is 7.80. The van der Waals surface area contributed by atoms with Gasteiger partial charge in [0.15, 0.2) is 5.11 Å². The molecule has 0 bridgehead atoms. The summed E-state index contributed by atoms with van der Waals surface area (Å²) in [5, 5.41) is 5.48. The van der Waals surface area contributed by atoms with Crippen molar-refractivity contribution in [2.45, 2.75) is 38.5 Å². The van der Waals surface area contributed by atoms with Gasteiger partial charge in [0.1, 0.15) is 0 Å². The highest BCUT2D eigenvalue weighted by atomic mass is 35.5. The SMILES string of the molecule is O=C(CCC(=O)Nc1ccc(Cl)cc1Cl)NNC(=S)NC(=O)CCC(=O)OCCCc1ccccc1. The number of hydrogen-bond acceptors (Lipinski definition) is 6. The van der Waals surface area contributed by atoms with Crippen LogP contribution in [0.5, 0.6) is 0 Å². The Morgan fingerprint density at radius 1 is 0.833 bits per heavy atom. The molecule has 0 aliphatic rings. The summed E-state index contributed by atoms with van der Waals surface area (Å²) in [6.07, 6.45) is 1.00. The minimum absolute atomic E-state index is 0.0983. The average molecular weight is 553 g/mol. The smallest absolute Gasteiger partial charge is 0.306 e. The number of hydrazine groups is 1. The van der Waals surface area contributed by atoms with Crippen LogP contribution in [0, 0.1) is 0 Å². The Bertz CT molecular complexity index is 1090. The Morgan fingerprint density at radius 2 is 1.53 bits per heavy atom. The van der Waals surface area contributed by atoms with Crippen molar-refractivity contribution >= 4 is 69.9 Å². The summed E-state index contributed by atoms with van der Waals surface area (Å²) < 4.78 is 5.12. The van der Waals surface area contributed by atoms with Crippen LogP contribution in [0.25, 0.3) is 0 Å². The summed E-state index contributed by atoms with van der Waals surface area (Å²) >= 11 is 16.7. The number of ether oxygens (including phenoxy) is 1. The van der Waals surface area contributed by atoms with Crippen LogP contribution >= 0.6 is 35.4 Å². The van der Waals surface area contributed by atoms with E-state index >= 15 is 0 Å². The molecule has 0 aliphatic carbocycles. The molecule has 0 heterocycles. The fraction of sp³-hybridized carbons (Fsp3) is 0.292. The van der Waals surface area contributed by atoms with Crippen molar-refractivity contribution in [2.75, 3.05) is 11.9 Å². The third-order valence-corrected chi connectivity index (χ3v) is 5.38. The Balaban J connectivity index is 1.54. The second-order valence-electron chi connectivity index (χ2n) is 7.53. The molecule has 2 rings (SSSR count). The highest BCUT2D eigenvalue weighted by Gasteiger charge is 2.12. The van der Waals surface area contributed by atoms with Gasteiger partial charge in [-0.15, -0.1) is 0 Å². The van der Waals surface area contributed by atoms with Crippen molar-refractivity contribution in [3.63, 3.8) is 0 Å².